The minimum Gasteiger partial charge on any atom is -0.494 e. The first-order valence-electron chi connectivity index (χ1n) is 10.4. The van der Waals surface area contributed by atoms with Gasteiger partial charge in [0.05, 0.1) is 6.61 Å². The lowest BCUT2D eigenvalue weighted by Gasteiger charge is -2.36. The first-order chi connectivity index (χ1) is 14.5. The van der Waals surface area contributed by atoms with Gasteiger partial charge in [0.1, 0.15) is 18.1 Å². The fourth-order valence-corrected chi connectivity index (χ4v) is 4.20. The van der Waals surface area contributed by atoms with E-state index in [-0.39, 0.29) is 30.3 Å². The summed E-state index contributed by atoms with van der Waals surface area (Å²) in [6.45, 7) is 5.51. The summed E-state index contributed by atoms with van der Waals surface area (Å²) in [6.07, 6.45) is 1.51. The zero-order valence-corrected chi connectivity index (χ0v) is 17.3. The van der Waals surface area contributed by atoms with Crippen molar-refractivity contribution in [1.29, 1.82) is 0 Å². The second kappa shape index (κ2) is 8.34. The molecule has 0 aromatic heterocycles. The van der Waals surface area contributed by atoms with Crippen LogP contribution in [0.5, 0.6) is 5.75 Å². The number of hydrogen-bond donors (Lipinski definition) is 0. The molecule has 2 aromatic rings. The van der Waals surface area contributed by atoms with Crippen LogP contribution in [0.3, 0.4) is 0 Å². The molecule has 2 aliphatic heterocycles. The van der Waals surface area contributed by atoms with Crippen molar-refractivity contribution in [2.45, 2.75) is 32.7 Å². The average molecular weight is 411 g/mol. The highest BCUT2D eigenvalue weighted by molar-refractivity contribution is 6.01. The quantitative estimate of drug-likeness (QED) is 0.751. The largest absolute Gasteiger partial charge is 0.494 e. The maximum Gasteiger partial charge on any atom is 0.325 e. The van der Waals surface area contributed by atoms with Crippen LogP contribution in [0.2, 0.25) is 0 Å². The first-order valence-corrected chi connectivity index (χ1v) is 10.4. The molecule has 3 amide bonds. The molecular weight excluding hydrogens is 385 g/mol. The van der Waals surface area contributed by atoms with Gasteiger partial charge in [-0.1, -0.05) is 0 Å². The van der Waals surface area contributed by atoms with Gasteiger partial charge in [0.25, 0.3) is 0 Å². The Morgan fingerprint density at radius 1 is 1.17 bits per heavy atom. The van der Waals surface area contributed by atoms with Crippen LogP contribution in [0.25, 0.3) is 0 Å². The minimum absolute atomic E-state index is 0.00746. The van der Waals surface area contributed by atoms with Crippen LogP contribution in [-0.2, 0) is 11.2 Å². The second-order valence-corrected chi connectivity index (χ2v) is 7.71. The predicted molar refractivity (Wildman–Crippen MR) is 114 cm³/mol. The number of benzene rings is 2. The van der Waals surface area contributed by atoms with Crippen molar-refractivity contribution in [3.05, 3.63) is 53.8 Å². The van der Waals surface area contributed by atoms with Crippen molar-refractivity contribution in [3.8, 4) is 5.75 Å². The molecule has 1 fully saturated rings. The molecule has 0 aliphatic carbocycles. The van der Waals surface area contributed by atoms with Gasteiger partial charge in [-0.2, -0.15) is 0 Å². The maximum absolute atomic E-state index is 13.6. The molecule has 158 valence electrons. The van der Waals surface area contributed by atoms with E-state index >= 15 is 0 Å². The number of hydrogen-bond acceptors (Lipinski definition) is 3. The van der Waals surface area contributed by atoms with E-state index in [2.05, 4.69) is 0 Å². The van der Waals surface area contributed by atoms with Crippen molar-refractivity contribution in [1.82, 2.24) is 4.90 Å². The molecule has 30 heavy (non-hydrogen) atoms. The van der Waals surface area contributed by atoms with Gasteiger partial charge >= 0.3 is 6.03 Å². The highest BCUT2D eigenvalue weighted by atomic mass is 19.1. The first kappa shape index (κ1) is 20.2. The summed E-state index contributed by atoms with van der Waals surface area (Å²) in [5, 5.41) is 0. The lowest BCUT2D eigenvalue weighted by Crippen LogP contribution is -2.48. The predicted octanol–water partition coefficient (Wildman–Crippen LogP) is 3.83. The molecule has 2 aliphatic rings. The maximum atomic E-state index is 13.6. The van der Waals surface area contributed by atoms with E-state index in [1.165, 1.54) is 12.1 Å². The number of rotatable bonds is 5. The van der Waals surface area contributed by atoms with Crippen LogP contribution in [0, 0.1) is 5.82 Å². The molecule has 0 radical (unpaired) electrons. The smallest absolute Gasteiger partial charge is 0.325 e. The van der Waals surface area contributed by atoms with Gasteiger partial charge in [-0.05, 0) is 74.7 Å². The summed E-state index contributed by atoms with van der Waals surface area (Å²) in [5.74, 6) is 0.322. The van der Waals surface area contributed by atoms with Crippen LogP contribution in [0.4, 0.5) is 20.6 Å². The number of ether oxygens (including phenoxy) is 1. The van der Waals surface area contributed by atoms with Gasteiger partial charge < -0.3 is 14.5 Å². The zero-order chi connectivity index (χ0) is 21.3. The Labute approximate surface area is 175 Å². The summed E-state index contributed by atoms with van der Waals surface area (Å²) in [4.78, 5) is 31.0. The van der Waals surface area contributed by atoms with Gasteiger partial charge in [0, 0.05) is 30.5 Å². The molecule has 0 bridgehead atoms. The molecule has 4 rings (SSSR count). The zero-order valence-electron chi connectivity index (χ0n) is 17.3. The number of urea groups is 1. The fourth-order valence-electron chi connectivity index (χ4n) is 4.20. The Balaban J connectivity index is 1.46. The van der Waals surface area contributed by atoms with Crippen molar-refractivity contribution < 1.29 is 18.7 Å². The van der Waals surface area contributed by atoms with Gasteiger partial charge in [0.15, 0.2) is 0 Å². The summed E-state index contributed by atoms with van der Waals surface area (Å²) >= 11 is 0. The van der Waals surface area contributed by atoms with E-state index in [0.717, 1.165) is 35.5 Å². The van der Waals surface area contributed by atoms with Crippen LogP contribution in [0.1, 0.15) is 25.8 Å². The fraction of sp³-hybridized carbons (Fsp3) is 0.391. The summed E-state index contributed by atoms with van der Waals surface area (Å²) in [7, 11) is 0. The van der Waals surface area contributed by atoms with E-state index in [1.807, 2.05) is 38.1 Å². The van der Waals surface area contributed by atoms with E-state index in [9.17, 15) is 14.0 Å². The monoisotopic (exact) mass is 411 g/mol. The van der Waals surface area contributed by atoms with E-state index in [1.54, 1.807) is 20.8 Å². The van der Waals surface area contributed by atoms with Crippen LogP contribution in [-0.4, -0.2) is 49.1 Å². The summed E-state index contributed by atoms with van der Waals surface area (Å²) < 4.78 is 19.1. The highest BCUT2D eigenvalue weighted by Crippen LogP contribution is 2.32. The molecule has 0 N–H and O–H groups in total. The van der Waals surface area contributed by atoms with Crippen LogP contribution in [0.15, 0.2) is 42.5 Å². The number of halogens is 1. The molecule has 1 saturated heterocycles. The number of amides is 3. The van der Waals surface area contributed by atoms with Crippen molar-refractivity contribution in [2.75, 3.05) is 36.0 Å². The number of aryl methyl sites for hydroxylation is 1. The van der Waals surface area contributed by atoms with Crippen molar-refractivity contribution >= 4 is 23.3 Å². The summed E-state index contributed by atoms with van der Waals surface area (Å²) in [5.41, 5.74) is 2.37. The Hall–Kier alpha value is -3.09. The molecule has 0 saturated carbocycles. The minimum atomic E-state index is -0.295. The van der Waals surface area contributed by atoms with Gasteiger partial charge in [-0.15, -0.1) is 0 Å². The topological polar surface area (TPSA) is 53.1 Å². The number of carbonyl (C=O) groups excluding carboxylic acids is 2. The molecule has 1 atom stereocenters. The Morgan fingerprint density at radius 3 is 2.67 bits per heavy atom. The molecular formula is C23H26FN3O3. The third-order valence-corrected chi connectivity index (χ3v) is 5.72. The van der Waals surface area contributed by atoms with E-state index < -0.39 is 0 Å². The third kappa shape index (κ3) is 3.84. The molecule has 2 aromatic carbocycles. The molecule has 0 spiro atoms. The highest BCUT2D eigenvalue weighted by Gasteiger charge is 2.34. The van der Waals surface area contributed by atoms with Crippen LogP contribution >= 0.6 is 0 Å². The molecule has 7 heteroatoms. The van der Waals surface area contributed by atoms with E-state index in [4.69, 9.17) is 4.74 Å². The number of carbonyl (C=O) groups is 2. The Kier molecular flexibility index (Phi) is 5.61. The van der Waals surface area contributed by atoms with Crippen molar-refractivity contribution in [2.24, 2.45) is 0 Å². The van der Waals surface area contributed by atoms with Crippen molar-refractivity contribution in [3.63, 3.8) is 0 Å². The van der Waals surface area contributed by atoms with Gasteiger partial charge in [0.2, 0.25) is 5.91 Å². The lowest BCUT2D eigenvalue weighted by molar-refractivity contribution is -0.119. The molecule has 1 unspecified atom stereocenters. The van der Waals surface area contributed by atoms with Crippen LogP contribution < -0.4 is 14.5 Å². The number of nitrogens with zero attached hydrogens (tertiary/aromatic N) is 3. The summed E-state index contributed by atoms with van der Waals surface area (Å²) in [6, 6.07) is 11.7. The lowest BCUT2D eigenvalue weighted by atomic mass is 9.96. The second-order valence-electron chi connectivity index (χ2n) is 7.71. The molecule has 6 nitrogen and oxygen atoms in total. The Morgan fingerprint density at radius 2 is 1.93 bits per heavy atom. The van der Waals surface area contributed by atoms with Gasteiger partial charge in [-0.25, -0.2) is 9.18 Å². The number of fused-ring (bicyclic) bond motifs is 1. The standard InChI is InChI=1S/C23H26FN3O3/c1-3-30-20-9-7-19(8-10-20)26-13-12-25(23(26)29)15-22(28)27-16(2)4-5-17-14-18(24)6-11-21(17)27/h6-11,14,16H,3-5,12-13,15H2,1-2H3. The third-order valence-electron chi connectivity index (χ3n) is 5.72. The Bertz CT molecular complexity index is 947. The SMILES string of the molecule is CCOc1ccc(N2CCN(CC(=O)N3c4ccc(F)cc4CCC3C)C2=O)cc1. The van der Waals surface area contributed by atoms with Gasteiger partial charge in [-0.3, -0.25) is 9.69 Å². The van der Waals surface area contributed by atoms with E-state index in [0.29, 0.717) is 19.7 Å². The average Bonchev–Trinajstić information content (AvgIpc) is 3.09. The normalized spacial score (nSPS) is 18.6. The molecule has 2 heterocycles. The number of anilines is 2.